The van der Waals surface area contributed by atoms with Crippen LogP contribution < -0.4 is 10.6 Å². The Kier molecular flexibility index (Phi) is 8.27. The van der Waals surface area contributed by atoms with Gasteiger partial charge in [0.1, 0.15) is 42.0 Å². The molecule has 5 unspecified atom stereocenters. The molecule has 3 saturated heterocycles. The molecular weight excluding hydrogens is 440 g/mol. The van der Waals surface area contributed by atoms with Crippen LogP contribution in [0.3, 0.4) is 0 Å². The quantitative estimate of drug-likeness (QED) is 0.212. The van der Waals surface area contributed by atoms with Crippen LogP contribution in [0, 0.1) is 5.92 Å². The van der Waals surface area contributed by atoms with Crippen molar-refractivity contribution in [3.8, 4) is 0 Å². The largest absolute Gasteiger partial charge is 0.390 e. The van der Waals surface area contributed by atoms with Gasteiger partial charge in [0.15, 0.2) is 0 Å². The average molecular weight is 471 g/mol. The Hall–Kier alpha value is -0.210. The molecule has 3 fully saturated rings. The maximum atomic E-state index is 13.0. The Morgan fingerprint density at radius 1 is 1.17 bits per heavy atom. The highest BCUT2D eigenvalue weighted by molar-refractivity contribution is 7.99. The molecule has 7 N–H and O–H groups in total. The maximum absolute atomic E-state index is 13.0. The third kappa shape index (κ3) is 4.90. The summed E-state index contributed by atoms with van der Waals surface area (Å²) >= 11 is 7.47. The van der Waals surface area contributed by atoms with E-state index in [-0.39, 0.29) is 12.5 Å². The van der Waals surface area contributed by atoms with Gasteiger partial charge in [-0.1, -0.05) is 0 Å². The van der Waals surface area contributed by atoms with Crippen molar-refractivity contribution in [2.75, 3.05) is 19.4 Å². The van der Waals surface area contributed by atoms with Gasteiger partial charge in [-0.25, -0.2) is 0 Å². The number of rotatable bonds is 5. The molecule has 0 bridgehead atoms. The minimum Gasteiger partial charge on any atom is -0.390 e. The van der Waals surface area contributed by atoms with Crippen LogP contribution in [0.5, 0.6) is 0 Å². The number of hydrogen-bond donors (Lipinski definition) is 7. The molecular formula is C18H31ClN2O8S. The van der Waals surface area contributed by atoms with E-state index < -0.39 is 71.5 Å². The summed E-state index contributed by atoms with van der Waals surface area (Å²) in [5.74, 6) is -0.572. The molecule has 0 aromatic carbocycles. The SMILES string of the molecule is CSC1OC([C@H](NC(=O)[C@H]2NC[C@@H]3C[C@@H](O)[C@@H](O)CO[C@H]32)[C@H](C)Cl)C(O)C(O)C1O. The standard InChI is InChI=1S/C18H31ClN2O8S/c1-6(19)10(16-13(25)12(24)14(26)18(29-16)30-2)21-17(27)11-15-7(4-20-11)3-8(22)9(23)5-28-15/h6-16,18,20,22-26H,3-5H2,1-2H3,(H,21,27)/t6-,7-,8+,9-,10+,11-,12?,13?,14?,15+,16?,18?/m0/s1. The molecule has 10 nitrogen and oxygen atoms in total. The summed E-state index contributed by atoms with van der Waals surface area (Å²) in [6.45, 7) is 2.00. The van der Waals surface area contributed by atoms with E-state index in [0.29, 0.717) is 13.0 Å². The highest BCUT2D eigenvalue weighted by Crippen LogP contribution is 2.31. The van der Waals surface area contributed by atoms with Crippen molar-refractivity contribution >= 4 is 29.3 Å². The molecule has 30 heavy (non-hydrogen) atoms. The molecule has 12 heteroatoms. The number of aliphatic hydroxyl groups excluding tert-OH is 5. The van der Waals surface area contributed by atoms with Gasteiger partial charge in [-0.2, -0.15) is 0 Å². The summed E-state index contributed by atoms with van der Waals surface area (Å²) in [5, 5.41) is 55.7. The van der Waals surface area contributed by atoms with E-state index in [9.17, 15) is 30.3 Å². The molecule has 0 aromatic rings. The fraction of sp³-hybridized carbons (Fsp3) is 0.944. The number of carbonyl (C=O) groups is 1. The lowest BCUT2D eigenvalue weighted by molar-refractivity contribution is -0.205. The Balaban J connectivity index is 1.71. The minimum atomic E-state index is -1.45. The number of nitrogens with one attached hydrogen (secondary N) is 2. The summed E-state index contributed by atoms with van der Waals surface area (Å²) < 4.78 is 11.5. The van der Waals surface area contributed by atoms with Crippen LogP contribution in [0.25, 0.3) is 0 Å². The zero-order valence-electron chi connectivity index (χ0n) is 16.8. The highest BCUT2D eigenvalue weighted by atomic mass is 35.5. The predicted octanol–water partition coefficient (Wildman–Crippen LogP) is -2.63. The molecule has 0 aromatic heterocycles. The van der Waals surface area contributed by atoms with Gasteiger partial charge in [0, 0.05) is 12.5 Å². The van der Waals surface area contributed by atoms with Crippen LogP contribution in [0.15, 0.2) is 0 Å². The van der Waals surface area contributed by atoms with Crippen molar-refractivity contribution in [3.05, 3.63) is 0 Å². The van der Waals surface area contributed by atoms with Gasteiger partial charge in [-0.3, -0.25) is 4.79 Å². The molecule has 1 amide bonds. The van der Waals surface area contributed by atoms with Gasteiger partial charge in [0.25, 0.3) is 0 Å². The van der Waals surface area contributed by atoms with Gasteiger partial charge in [-0.05, 0) is 19.6 Å². The summed E-state index contributed by atoms with van der Waals surface area (Å²) in [5.41, 5.74) is -0.787. The summed E-state index contributed by atoms with van der Waals surface area (Å²) in [4.78, 5) is 13.0. The number of aliphatic hydroxyl groups is 5. The summed E-state index contributed by atoms with van der Waals surface area (Å²) in [6, 6.07) is -1.59. The van der Waals surface area contributed by atoms with Gasteiger partial charge in [-0.15, -0.1) is 23.4 Å². The molecule has 0 radical (unpaired) electrons. The van der Waals surface area contributed by atoms with Crippen molar-refractivity contribution in [2.24, 2.45) is 5.92 Å². The van der Waals surface area contributed by atoms with E-state index in [1.54, 1.807) is 13.2 Å². The summed E-state index contributed by atoms with van der Waals surface area (Å²) in [6.07, 6.45) is -5.65. The molecule has 174 valence electrons. The second kappa shape index (κ2) is 10.2. The third-order valence-corrected chi connectivity index (χ3v) is 7.25. The Morgan fingerprint density at radius 2 is 1.87 bits per heavy atom. The smallest absolute Gasteiger partial charge is 0.240 e. The van der Waals surface area contributed by atoms with Crippen molar-refractivity contribution in [1.29, 1.82) is 0 Å². The van der Waals surface area contributed by atoms with E-state index in [0.717, 1.165) is 0 Å². The molecule has 0 aliphatic carbocycles. The number of fused-ring (bicyclic) bond motifs is 1. The van der Waals surface area contributed by atoms with Gasteiger partial charge < -0.3 is 45.6 Å². The predicted molar refractivity (Wildman–Crippen MR) is 109 cm³/mol. The monoisotopic (exact) mass is 470 g/mol. The fourth-order valence-electron chi connectivity index (χ4n) is 4.34. The van der Waals surface area contributed by atoms with Crippen molar-refractivity contribution in [1.82, 2.24) is 10.6 Å². The zero-order valence-corrected chi connectivity index (χ0v) is 18.4. The highest BCUT2D eigenvalue weighted by Gasteiger charge is 2.50. The third-order valence-electron chi connectivity index (χ3n) is 6.12. The minimum absolute atomic E-state index is 0.0763. The van der Waals surface area contributed by atoms with E-state index in [4.69, 9.17) is 21.1 Å². The number of halogens is 1. The lowest BCUT2D eigenvalue weighted by atomic mass is 9.92. The second-order valence-corrected chi connectivity index (χ2v) is 9.83. The number of thioether (sulfide) groups is 1. The molecule has 0 saturated carbocycles. The Morgan fingerprint density at radius 3 is 2.50 bits per heavy atom. The Labute approximate surface area is 184 Å². The Bertz CT molecular complexity index is 603. The maximum Gasteiger partial charge on any atom is 0.240 e. The molecule has 0 spiro atoms. The van der Waals surface area contributed by atoms with Crippen LogP contribution in [-0.4, -0.2) is 116 Å². The zero-order chi connectivity index (χ0) is 22.2. The van der Waals surface area contributed by atoms with Crippen LogP contribution >= 0.6 is 23.4 Å². The number of alkyl halides is 1. The first-order valence-electron chi connectivity index (χ1n) is 10.0. The van der Waals surface area contributed by atoms with Crippen LogP contribution in [0.2, 0.25) is 0 Å². The van der Waals surface area contributed by atoms with Gasteiger partial charge >= 0.3 is 0 Å². The first-order chi connectivity index (χ1) is 14.1. The van der Waals surface area contributed by atoms with Gasteiger partial charge in [0.05, 0.1) is 30.2 Å². The molecule has 3 rings (SSSR count). The van der Waals surface area contributed by atoms with Crippen LogP contribution in [0.4, 0.5) is 0 Å². The van der Waals surface area contributed by atoms with Crippen molar-refractivity contribution in [2.45, 2.75) is 79.0 Å². The fourth-order valence-corrected chi connectivity index (χ4v) is 5.23. The van der Waals surface area contributed by atoms with E-state index in [1.807, 2.05) is 0 Å². The average Bonchev–Trinajstić information content (AvgIpc) is 3.05. The molecule has 12 atom stereocenters. The van der Waals surface area contributed by atoms with Gasteiger partial charge in [0.2, 0.25) is 5.91 Å². The number of amides is 1. The second-order valence-electron chi connectivity index (χ2n) is 8.20. The topological polar surface area (TPSA) is 161 Å². The first-order valence-corrected chi connectivity index (χ1v) is 11.8. The van der Waals surface area contributed by atoms with Crippen molar-refractivity contribution in [3.63, 3.8) is 0 Å². The lowest BCUT2D eigenvalue weighted by Gasteiger charge is -2.44. The number of hydrogen-bond acceptors (Lipinski definition) is 10. The van der Waals surface area contributed by atoms with E-state index >= 15 is 0 Å². The van der Waals surface area contributed by atoms with E-state index in [1.165, 1.54) is 11.8 Å². The molecule has 3 heterocycles. The van der Waals surface area contributed by atoms with E-state index in [2.05, 4.69) is 10.6 Å². The molecule has 3 aliphatic heterocycles. The lowest BCUT2D eigenvalue weighted by Crippen LogP contribution is -2.65. The van der Waals surface area contributed by atoms with Crippen LogP contribution in [-0.2, 0) is 14.3 Å². The van der Waals surface area contributed by atoms with Crippen LogP contribution in [0.1, 0.15) is 13.3 Å². The number of carbonyl (C=O) groups excluding carboxylic acids is 1. The normalized spacial score (nSPS) is 46.5. The first kappa shape index (κ1) is 24.4. The molecule has 3 aliphatic rings. The summed E-state index contributed by atoms with van der Waals surface area (Å²) in [7, 11) is 0. The number of ether oxygens (including phenoxy) is 2. The van der Waals surface area contributed by atoms with Crippen molar-refractivity contribution < 1.29 is 39.8 Å².